The molecule has 1 atom stereocenters. The van der Waals surface area contributed by atoms with E-state index in [9.17, 15) is 9.59 Å². The number of H-pyrrole nitrogens is 1. The predicted molar refractivity (Wildman–Crippen MR) is 104 cm³/mol. The minimum absolute atomic E-state index is 0.209. The summed E-state index contributed by atoms with van der Waals surface area (Å²) in [5.41, 5.74) is 2.42. The first kappa shape index (κ1) is 20.6. The summed E-state index contributed by atoms with van der Waals surface area (Å²) in [5, 5.41) is 3.49. The molecule has 1 aromatic heterocycles. The van der Waals surface area contributed by atoms with Crippen molar-refractivity contribution in [2.24, 2.45) is 0 Å². The molecule has 0 amide bonds. The standard InChI is InChI=1S/C19H23ClN2O5/c1-9-16(19(24)27-6)10(2)22-17(9)18(23)11(3)21-13-7-12(20)14(25-4)8-15(13)26-5/h7-8,11,21-22H,1-6H3/t11-/m0/s1. The summed E-state index contributed by atoms with van der Waals surface area (Å²) >= 11 is 6.18. The Morgan fingerprint density at radius 3 is 2.30 bits per heavy atom. The second-order valence-electron chi connectivity index (χ2n) is 6.03. The molecule has 0 aliphatic carbocycles. The molecule has 8 heteroatoms. The van der Waals surface area contributed by atoms with Crippen molar-refractivity contribution in [3.8, 4) is 11.5 Å². The molecule has 7 nitrogen and oxygen atoms in total. The van der Waals surface area contributed by atoms with Gasteiger partial charge in [0.25, 0.3) is 0 Å². The van der Waals surface area contributed by atoms with E-state index in [0.717, 1.165) is 0 Å². The van der Waals surface area contributed by atoms with E-state index in [4.69, 9.17) is 25.8 Å². The molecule has 0 aliphatic rings. The Bertz CT molecular complexity index is 875. The van der Waals surface area contributed by atoms with Gasteiger partial charge in [0.15, 0.2) is 0 Å². The molecule has 146 valence electrons. The van der Waals surface area contributed by atoms with Gasteiger partial charge in [0, 0.05) is 11.8 Å². The second-order valence-corrected chi connectivity index (χ2v) is 6.44. The van der Waals surface area contributed by atoms with Crippen LogP contribution in [0.4, 0.5) is 5.69 Å². The number of hydrogen-bond acceptors (Lipinski definition) is 6. The van der Waals surface area contributed by atoms with E-state index in [1.807, 2.05) is 0 Å². The predicted octanol–water partition coefficient (Wildman–Crippen LogP) is 3.77. The number of carbonyl (C=O) groups is 2. The fraction of sp³-hybridized carbons (Fsp3) is 0.368. The average Bonchev–Trinajstić information content (AvgIpc) is 2.94. The molecule has 27 heavy (non-hydrogen) atoms. The number of benzene rings is 1. The van der Waals surface area contributed by atoms with Gasteiger partial charge >= 0.3 is 5.97 Å². The van der Waals surface area contributed by atoms with Crippen molar-refractivity contribution in [2.45, 2.75) is 26.8 Å². The fourth-order valence-electron chi connectivity index (χ4n) is 2.89. The molecule has 2 N–H and O–H groups in total. The van der Waals surface area contributed by atoms with Crippen LogP contribution in [0.5, 0.6) is 11.5 Å². The quantitative estimate of drug-likeness (QED) is 0.548. The van der Waals surface area contributed by atoms with Gasteiger partial charge in [-0.2, -0.15) is 0 Å². The van der Waals surface area contributed by atoms with Crippen molar-refractivity contribution in [3.05, 3.63) is 39.7 Å². The lowest BCUT2D eigenvalue weighted by Crippen LogP contribution is -2.27. The molecule has 0 fully saturated rings. The molecule has 2 aromatic rings. The van der Waals surface area contributed by atoms with Crippen LogP contribution in [0.2, 0.25) is 5.02 Å². The van der Waals surface area contributed by atoms with Crippen LogP contribution >= 0.6 is 11.6 Å². The van der Waals surface area contributed by atoms with Gasteiger partial charge in [-0.05, 0) is 32.4 Å². The summed E-state index contributed by atoms with van der Waals surface area (Å²) in [7, 11) is 4.33. The second kappa shape index (κ2) is 8.35. The Labute approximate surface area is 162 Å². The summed E-state index contributed by atoms with van der Waals surface area (Å²) < 4.78 is 15.3. The number of hydrogen-bond donors (Lipinski definition) is 2. The van der Waals surface area contributed by atoms with Crippen molar-refractivity contribution in [1.29, 1.82) is 0 Å². The number of ketones is 1. The molecule has 0 bridgehead atoms. The monoisotopic (exact) mass is 394 g/mol. The highest BCUT2D eigenvalue weighted by atomic mass is 35.5. The number of ether oxygens (including phenoxy) is 3. The molecule has 0 aliphatic heterocycles. The summed E-state index contributed by atoms with van der Waals surface area (Å²) in [6, 6.07) is 2.67. The molecule has 0 unspecified atom stereocenters. The van der Waals surface area contributed by atoms with E-state index in [1.54, 1.807) is 32.9 Å². The maximum atomic E-state index is 12.9. The third-order valence-corrected chi connectivity index (χ3v) is 4.61. The van der Waals surface area contributed by atoms with Crippen LogP contribution < -0.4 is 14.8 Å². The van der Waals surface area contributed by atoms with E-state index < -0.39 is 12.0 Å². The van der Waals surface area contributed by atoms with Crippen molar-refractivity contribution in [3.63, 3.8) is 0 Å². The minimum Gasteiger partial charge on any atom is -0.495 e. The first-order valence-corrected chi connectivity index (χ1v) is 8.62. The fourth-order valence-corrected chi connectivity index (χ4v) is 3.13. The van der Waals surface area contributed by atoms with Gasteiger partial charge in [-0.15, -0.1) is 0 Å². The zero-order chi connectivity index (χ0) is 20.3. The smallest absolute Gasteiger partial charge is 0.339 e. The Balaban J connectivity index is 2.32. The van der Waals surface area contributed by atoms with Gasteiger partial charge in [0.1, 0.15) is 11.5 Å². The van der Waals surface area contributed by atoms with E-state index in [1.165, 1.54) is 21.3 Å². The number of carbonyl (C=O) groups excluding carboxylic acids is 2. The number of anilines is 1. The van der Waals surface area contributed by atoms with Crippen LogP contribution in [0.25, 0.3) is 0 Å². The molecule has 0 saturated heterocycles. The van der Waals surface area contributed by atoms with Crippen molar-refractivity contribution >= 4 is 29.0 Å². The number of aromatic amines is 1. The molecule has 1 aromatic carbocycles. The van der Waals surface area contributed by atoms with Crippen molar-refractivity contribution in [1.82, 2.24) is 4.98 Å². The van der Waals surface area contributed by atoms with Gasteiger partial charge in [-0.25, -0.2) is 4.79 Å². The zero-order valence-electron chi connectivity index (χ0n) is 16.2. The topological polar surface area (TPSA) is 89.7 Å². The molecule has 2 rings (SSSR count). The van der Waals surface area contributed by atoms with Crippen molar-refractivity contribution in [2.75, 3.05) is 26.6 Å². The van der Waals surface area contributed by atoms with Gasteiger partial charge in [0.05, 0.1) is 49.3 Å². The van der Waals surface area contributed by atoms with Crippen LogP contribution in [0.1, 0.15) is 39.0 Å². The number of nitrogens with one attached hydrogen (secondary N) is 2. The number of aryl methyl sites for hydroxylation is 1. The number of aromatic nitrogens is 1. The number of rotatable bonds is 7. The van der Waals surface area contributed by atoms with Crippen LogP contribution in [-0.4, -0.2) is 44.1 Å². The molecule has 0 spiro atoms. The van der Waals surface area contributed by atoms with E-state index in [2.05, 4.69) is 10.3 Å². The lowest BCUT2D eigenvalue weighted by atomic mass is 10.0. The summed E-state index contributed by atoms with van der Waals surface area (Å²) in [5.74, 6) is 0.270. The third kappa shape index (κ3) is 4.03. The van der Waals surface area contributed by atoms with Gasteiger partial charge < -0.3 is 24.5 Å². The summed E-state index contributed by atoms with van der Waals surface area (Å²) in [6.45, 7) is 5.15. The maximum Gasteiger partial charge on any atom is 0.339 e. The zero-order valence-corrected chi connectivity index (χ0v) is 16.9. The number of methoxy groups -OCH3 is 3. The Kier molecular flexibility index (Phi) is 6.38. The Morgan fingerprint density at radius 1 is 1.11 bits per heavy atom. The van der Waals surface area contributed by atoms with Crippen LogP contribution in [-0.2, 0) is 4.74 Å². The van der Waals surface area contributed by atoms with E-state index in [-0.39, 0.29) is 5.78 Å². The third-order valence-electron chi connectivity index (χ3n) is 4.31. The van der Waals surface area contributed by atoms with Gasteiger partial charge in [-0.1, -0.05) is 11.6 Å². The largest absolute Gasteiger partial charge is 0.495 e. The van der Waals surface area contributed by atoms with Crippen LogP contribution in [0.3, 0.4) is 0 Å². The molecule has 0 radical (unpaired) electrons. The highest BCUT2D eigenvalue weighted by Crippen LogP contribution is 2.36. The van der Waals surface area contributed by atoms with Gasteiger partial charge in [-0.3, -0.25) is 4.79 Å². The normalized spacial score (nSPS) is 11.7. The highest BCUT2D eigenvalue weighted by molar-refractivity contribution is 6.32. The highest BCUT2D eigenvalue weighted by Gasteiger charge is 2.26. The molecular formula is C19H23ClN2O5. The van der Waals surface area contributed by atoms with Gasteiger partial charge in [0.2, 0.25) is 5.78 Å². The Hall–Kier alpha value is -2.67. The molecular weight excluding hydrogens is 372 g/mol. The number of halogens is 1. The maximum absolute atomic E-state index is 12.9. The molecule has 0 saturated carbocycles. The Morgan fingerprint density at radius 2 is 1.74 bits per heavy atom. The SMILES string of the molecule is COC(=O)c1c(C)[nH]c(C(=O)[C@H](C)Nc2cc(Cl)c(OC)cc2OC)c1C. The first-order valence-electron chi connectivity index (χ1n) is 8.24. The average molecular weight is 395 g/mol. The molecule has 1 heterocycles. The summed E-state index contributed by atoms with van der Waals surface area (Å²) in [6.07, 6.45) is 0. The lowest BCUT2D eigenvalue weighted by Gasteiger charge is -2.18. The van der Waals surface area contributed by atoms with E-state index in [0.29, 0.717) is 44.7 Å². The summed E-state index contributed by atoms with van der Waals surface area (Å²) in [4.78, 5) is 27.8. The number of esters is 1. The van der Waals surface area contributed by atoms with Crippen molar-refractivity contribution < 1.29 is 23.8 Å². The minimum atomic E-state index is -0.606. The van der Waals surface area contributed by atoms with Crippen LogP contribution in [0, 0.1) is 13.8 Å². The van der Waals surface area contributed by atoms with Crippen LogP contribution in [0.15, 0.2) is 12.1 Å². The number of Topliss-reactive ketones (excluding diaryl/α,β-unsaturated/α-hetero) is 1. The first-order chi connectivity index (χ1) is 12.7. The van der Waals surface area contributed by atoms with E-state index >= 15 is 0 Å². The lowest BCUT2D eigenvalue weighted by molar-refractivity contribution is 0.0599.